The summed E-state index contributed by atoms with van der Waals surface area (Å²) in [5.41, 5.74) is 0.912. The molecule has 0 radical (unpaired) electrons. The molecule has 0 heterocycles. The van der Waals surface area contributed by atoms with Crippen LogP contribution in [-0.4, -0.2) is 96.3 Å². The SMILES string of the molecule is C#CCCCC(O)C(O)C(CC1CCCCC1)NC(=O)C(CC#CC)NC(=O)C(CC(=O)N(C)CCN(C)C)Cc1ccccc1. The Hall–Kier alpha value is -3.37. The van der Waals surface area contributed by atoms with Gasteiger partial charge in [0.2, 0.25) is 17.7 Å². The molecule has 3 amide bonds. The Balaban J connectivity index is 2.25. The molecule has 9 nitrogen and oxygen atoms in total. The molecule has 254 valence electrons. The Morgan fingerprint density at radius 2 is 1.70 bits per heavy atom. The average molecular weight is 637 g/mol. The smallest absolute Gasteiger partial charge is 0.243 e. The number of nitrogens with one attached hydrogen (secondary N) is 2. The number of nitrogens with zero attached hydrogens (tertiary/aromatic N) is 2. The number of carbonyl (C=O) groups is 3. The van der Waals surface area contributed by atoms with Gasteiger partial charge in [-0.3, -0.25) is 14.4 Å². The Bertz CT molecular complexity index is 1170. The van der Waals surface area contributed by atoms with Crippen LogP contribution in [0.2, 0.25) is 0 Å². The first-order valence-electron chi connectivity index (χ1n) is 16.8. The molecule has 0 saturated heterocycles. The lowest BCUT2D eigenvalue weighted by molar-refractivity contribution is -0.136. The number of benzene rings is 1. The minimum absolute atomic E-state index is 0.00861. The van der Waals surface area contributed by atoms with E-state index in [9.17, 15) is 24.6 Å². The second-order valence-electron chi connectivity index (χ2n) is 12.9. The van der Waals surface area contributed by atoms with E-state index in [1.165, 1.54) is 6.42 Å². The number of rotatable bonds is 19. The molecule has 0 spiro atoms. The second kappa shape index (κ2) is 21.4. The summed E-state index contributed by atoms with van der Waals surface area (Å²) < 4.78 is 0. The molecule has 5 unspecified atom stereocenters. The summed E-state index contributed by atoms with van der Waals surface area (Å²) in [7, 11) is 5.61. The monoisotopic (exact) mass is 636 g/mol. The summed E-state index contributed by atoms with van der Waals surface area (Å²) in [5.74, 6) is 6.85. The maximum atomic E-state index is 13.8. The van der Waals surface area contributed by atoms with Gasteiger partial charge in [-0.2, -0.15) is 0 Å². The van der Waals surface area contributed by atoms with Crippen LogP contribution in [0.25, 0.3) is 0 Å². The maximum absolute atomic E-state index is 13.8. The first-order valence-corrected chi connectivity index (χ1v) is 16.8. The molecule has 0 bridgehead atoms. The highest BCUT2D eigenvalue weighted by Gasteiger charge is 2.34. The number of hydrogen-bond donors (Lipinski definition) is 4. The molecule has 0 aromatic heterocycles. The fourth-order valence-electron chi connectivity index (χ4n) is 5.90. The topological polar surface area (TPSA) is 122 Å². The lowest BCUT2D eigenvalue weighted by atomic mass is 9.82. The zero-order chi connectivity index (χ0) is 33.9. The van der Waals surface area contributed by atoms with E-state index in [-0.39, 0.29) is 18.7 Å². The van der Waals surface area contributed by atoms with Gasteiger partial charge in [-0.15, -0.1) is 24.2 Å². The molecule has 46 heavy (non-hydrogen) atoms. The van der Waals surface area contributed by atoms with Crippen molar-refractivity contribution in [1.29, 1.82) is 0 Å². The average Bonchev–Trinajstić information content (AvgIpc) is 3.05. The van der Waals surface area contributed by atoms with Gasteiger partial charge >= 0.3 is 0 Å². The molecule has 0 aliphatic heterocycles. The number of likely N-dealkylation sites (N-methyl/N-ethyl adjacent to an activating group) is 2. The van der Waals surface area contributed by atoms with E-state index < -0.39 is 42.0 Å². The third kappa shape index (κ3) is 14.4. The van der Waals surface area contributed by atoms with Crippen LogP contribution in [0.1, 0.15) is 83.1 Å². The quantitative estimate of drug-likeness (QED) is 0.137. The standard InChI is InChI=1S/C37H56N4O5/c1-6-8-12-22-33(42)35(44)32(26-29-19-15-11-16-20-29)39-37(46)31(21-9-7-2)38-36(45)30(25-28-17-13-10-14-18-28)27-34(43)41(5)24-23-40(3)4/h1,10,13-14,17-18,29-33,35,42,44H,8,11-12,15-16,19-27H2,2-5H3,(H,38,45)(H,39,46). The van der Waals surface area contributed by atoms with E-state index in [0.717, 1.165) is 31.2 Å². The van der Waals surface area contributed by atoms with Crippen LogP contribution in [-0.2, 0) is 20.8 Å². The van der Waals surface area contributed by atoms with E-state index >= 15 is 0 Å². The molecule has 1 aliphatic rings. The van der Waals surface area contributed by atoms with Crippen LogP contribution >= 0.6 is 0 Å². The molecular weight excluding hydrogens is 580 g/mol. The molecule has 4 N–H and O–H groups in total. The number of unbranched alkanes of at least 4 members (excludes halogenated alkanes) is 1. The van der Waals surface area contributed by atoms with Gasteiger partial charge in [-0.1, -0.05) is 62.4 Å². The lowest BCUT2D eigenvalue weighted by Crippen LogP contribution is -2.56. The fraction of sp³-hybridized carbons (Fsp3) is 0.649. The van der Waals surface area contributed by atoms with Crippen LogP contribution in [0, 0.1) is 36.0 Å². The lowest BCUT2D eigenvalue weighted by Gasteiger charge is -2.33. The summed E-state index contributed by atoms with van der Waals surface area (Å²) in [4.78, 5) is 44.4. The van der Waals surface area contributed by atoms with Crippen molar-refractivity contribution >= 4 is 17.7 Å². The molecule has 1 saturated carbocycles. The number of terminal acetylenes is 1. The molecule has 1 aliphatic carbocycles. The Morgan fingerprint density at radius 3 is 2.33 bits per heavy atom. The van der Waals surface area contributed by atoms with Crippen molar-refractivity contribution in [1.82, 2.24) is 20.4 Å². The number of carbonyl (C=O) groups excluding carboxylic acids is 3. The van der Waals surface area contributed by atoms with Crippen LogP contribution in [0.4, 0.5) is 0 Å². The highest BCUT2D eigenvalue weighted by Crippen LogP contribution is 2.29. The highest BCUT2D eigenvalue weighted by molar-refractivity contribution is 5.91. The van der Waals surface area contributed by atoms with Gasteiger partial charge in [0, 0.05) is 39.4 Å². The first-order chi connectivity index (χ1) is 22.0. The number of aliphatic hydroxyl groups excluding tert-OH is 2. The van der Waals surface area contributed by atoms with Gasteiger partial charge in [0.05, 0.1) is 24.2 Å². The number of aliphatic hydroxyl groups is 2. The van der Waals surface area contributed by atoms with E-state index in [4.69, 9.17) is 6.42 Å². The zero-order valence-electron chi connectivity index (χ0n) is 28.3. The van der Waals surface area contributed by atoms with Crippen molar-refractivity contribution < 1.29 is 24.6 Å². The number of amides is 3. The summed E-state index contributed by atoms with van der Waals surface area (Å²) in [5, 5.41) is 27.9. The Labute approximate surface area is 276 Å². The van der Waals surface area contributed by atoms with Crippen molar-refractivity contribution in [2.75, 3.05) is 34.2 Å². The van der Waals surface area contributed by atoms with E-state index in [2.05, 4.69) is 28.4 Å². The Kier molecular flexibility index (Phi) is 18.1. The molecular formula is C37H56N4O5. The fourth-order valence-corrected chi connectivity index (χ4v) is 5.90. The minimum Gasteiger partial charge on any atom is -0.390 e. The summed E-state index contributed by atoms with van der Waals surface area (Å²) in [6, 6.07) is 7.81. The van der Waals surface area contributed by atoms with Gasteiger partial charge in [-0.25, -0.2) is 0 Å². The third-order valence-electron chi connectivity index (χ3n) is 8.81. The normalized spacial score (nSPS) is 16.6. The van der Waals surface area contributed by atoms with Gasteiger partial charge in [0.25, 0.3) is 0 Å². The first kappa shape index (κ1) is 38.8. The molecule has 1 aromatic rings. The third-order valence-corrected chi connectivity index (χ3v) is 8.81. The van der Waals surface area contributed by atoms with E-state index in [1.807, 2.05) is 49.3 Å². The highest BCUT2D eigenvalue weighted by atomic mass is 16.3. The van der Waals surface area contributed by atoms with Crippen LogP contribution in [0.3, 0.4) is 0 Å². The molecule has 5 atom stereocenters. The van der Waals surface area contributed by atoms with Crippen molar-refractivity contribution in [3.8, 4) is 24.2 Å². The van der Waals surface area contributed by atoms with Gasteiger partial charge in [0.15, 0.2) is 0 Å². The predicted molar refractivity (Wildman–Crippen MR) is 182 cm³/mol. The van der Waals surface area contributed by atoms with Crippen molar-refractivity contribution in [3.63, 3.8) is 0 Å². The molecule has 1 aromatic carbocycles. The largest absolute Gasteiger partial charge is 0.390 e. The maximum Gasteiger partial charge on any atom is 0.243 e. The van der Waals surface area contributed by atoms with Crippen LogP contribution < -0.4 is 10.6 Å². The summed E-state index contributed by atoms with van der Waals surface area (Å²) in [6.45, 7) is 2.89. The van der Waals surface area contributed by atoms with Crippen LogP contribution in [0.5, 0.6) is 0 Å². The van der Waals surface area contributed by atoms with Crippen LogP contribution in [0.15, 0.2) is 30.3 Å². The second-order valence-corrected chi connectivity index (χ2v) is 12.9. The van der Waals surface area contributed by atoms with Crippen molar-refractivity contribution in [2.45, 2.75) is 108 Å². The molecule has 2 rings (SSSR count). The Morgan fingerprint density at radius 1 is 1.00 bits per heavy atom. The summed E-state index contributed by atoms with van der Waals surface area (Å²) in [6.07, 6.45) is 10.8. The van der Waals surface area contributed by atoms with Crippen molar-refractivity contribution in [3.05, 3.63) is 35.9 Å². The van der Waals surface area contributed by atoms with Gasteiger partial charge < -0.3 is 30.6 Å². The predicted octanol–water partition coefficient (Wildman–Crippen LogP) is 3.13. The van der Waals surface area contributed by atoms with E-state index in [1.54, 1.807) is 18.9 Å². The van der Waals surface area contributed by atoms with Gasteiger partial charge in [-0.05, 0) is 58.2 Å². The number of hydrogen-bond acceptors (Lipinski definition) is 6. The minimum atomic E-state index is -1.18. The van der Waals surface area contributed by atoms with Crippen molar-refractivity contribution in [2.24, 2.45) is 11.8 Å². The van der Waals surface area contributed by atoms with E-state index in [0.29, 0.717) is 51.1 Å². The summed E-state index contributed by atoms with van der Waals surface area (Å²) >= 11 is 0. The zero-order valence-corrected chi connectivity index (χ0v) is 28.3. The molecule has 9 heteroatoms. The van der Waals surface area contributed by atoms with Gasteiger partial charge in [0.1, 0.15) is 6.04 Å². The molecule has 1 fully saturated rings.